The number of sulfonamides is 1. The Kier molecular flexibility index (Phi) is 3.58. The van der Waals surface area contributed by atoms with E-state index in [1.807, 2.05) is 4.72 Å². The van der Waals surface area contributed by atoms with Gasteiger partial charge in [0.05, 0.1) is 0 Å². The summed E-state index contributed by atoms with van der Waals surface area (Å²) in [5, 5.41) is 3.63. The van der Waals surface area contributed by atoms with Crippen LogP contribution >= 0.6 is 0 Å². The van der Waals surface area contributed by atoms with Crippen molar-refractivity contribution >= 4 is 15.9 Å². The molecule has 0 radical (unpaired) electrons. The van der Waals surface area contributed by atoms with Gasteiger partial charge < -0.3 is 4.52 Å². The molecule has 1 aromatic carbocycles. The van der Waals surface area contributed by atoms with Gasteiger partial charge in [0.15, 0.2) is 10.7 Å². The first-order valence-corrected chi connectivity index (χ1v) is 7.05. The zero-order valence-electron chi connectivity index (χ0n) is 10.7. The summed E-state index contributed by atoms with van der Waals surface area (Å²) in [6.07, 6.45) is 0. The average molecular weight is 298 g/mol. The van der Waals surface area contributed by atoms with Gasteiger partial charge >= 0.3 is 0 Å². The van der Waals surface area contributed by atoms with Gasteiger partial charge in [-0.15, -0.1) is 0 Å². The van der Waals surface area contributed by atoms with Crippen LogP contribution in [0, 0.1) is 12.7 Å². The Morgan fingerprint density at radius 2 is 2.10 bits per heavy atom. The Hall–Kier alpha value is -2.22. The van der Waals surface area contributed by atoms with Crippen LogP contribution in [0.3, 0.4) is 0 Å². The molecule has 0 saturated carbocycles. The van der Waals surface area contributed by atoms with Crippen LogP contribution in [0.5, 0.6) is 0 Å². The van der Waals surface area contributed by atoms with Crippen LogP contribution in [0.1, 0.15) is 12.7 Å². The molecule has 1 aromatic heterocycles. The van der Waals surface area contributed by atoms with E-state index in [0.717, 1.165) is 13.0 Å². The molecule has 1 N–H and O–H groups in total. The number of hydrogen-bond acceptors (Lipinski definition) is 5. The summed E-state index contributed by atoms with van der Waals surface area (Å²) in [6, 6.07) is 5.26. The second kappa shape index (κ2) is 5.04. The Morgan fingerprint density at radius 3 is 2.70 bits per heavy atom. The maximum atomic E-state index is 13.2. The summed E-state index contributed by atoms with van der Waals surface area (Å²) in [5.74, 6) is -1.26. The van der Waals surface area contributed by atoms with Crippen LogP contribution in [0.15, 0.2) is 33.7 Å². The van der Waals surface area contributed by atoms with E-state index < -0.39 is 21.7 Å². The number of benzene rings is 1. The molecule has 6 nitrogen and oxygen atoms in total. The molecule has 2 aromatic rings. The number of nitrogens with zero attached hydrogens (tertiary/aromatic N) is 1. The SMILES string of the molecule is CC(=O)NS(=O)(=O)c1c(-c2cccc(F)c2)noc1C. The van der Waals surface area contributed by atoms with Crippen molar-refractivity contribution in [3.63, 3.8) is 0 Å². The summed E-state index contributed by atoms with van der Waals surface area (Å²) in [7, 11) is -4.12. The van der Waals surface area contributed by atoms with Crippen molar-refractivity contribution in [3.8, 4) is 11.3 Å². The first-order chi connectivity index (χ1) is 9.31. The van der Waals surface area contributed by atoms with Crippen LogP contribution in [-0.4, -0.2) is 19.5 Å². The number of carbonyl (C=O) groups excluding carboxylic acids is 1. The molecule has 0 aliphatic rings. The fraction of sp³-hybridized carbons (Fsp3) is 0.167. The maximum Gasteiger partial charge on any atom is 0.269 e. The highest BCUT2D eigenvalue weighted by Gasteiger charge is 2.28. The van der Waals surface area contributed by atoms with Crippen LogP contribution in [0.25, 0.3) is 11.3 Å². The minimum Gasteiger partial charge on any atom is -0.360 e. The van der Waals surface area contributed by atoms with Gasteiger partial charge in [0, 0.05) is 12.5 Å². The molecule has 0 fully saturated rings. The van der Waals surface area contributed by atoms with Gasteiger partial charge in [-0.2, -0.15) is 0 Å². The third-order valence-corrected chi connectivity index (χ3v) is 4.03. The zero-order chi connectivity index (χ0) is 14.9. The molecule has 20 heavy (non-hydrogen) atoms. The van der Waals surface area contributed by atoms with E-state index in [0.29, 0.717) is 0 Å². The highest BCUT2D eigenvalue weighted by atomic mass is 32.2. The largest absolute Gasteiger partial charge is 0.360 e. The van der Waals surface area contributed by atoms with Gasteiger partial charge in [-0.1, -0.05) is 17.3 Å². The molecule has 0 saturated heterocycles. The molecule has 2 rings (SSSR count). The molecule has 1 heterocycles. The number of aromatic nitrogens is 1. The number of amides is 1. The lowest BCUT2D eigenvalue weighted by molar-refractivity contribution is -0.117. The Labute approximate surface area is 114 Å². The second-order valence-corrected chi connectivity index (χ2v) is 5.71. The third kappa shape index (κ3) is 2.69. The van der Waals surface area contributed by atoms with Crippen molar-refractivity contribution in [1.29, 1.82) is 0 Å². The number of carbonyl (C=O) groups is 1. The van der Waals surface area contributed by atoms with Gasteiger partial charge in [-0.25, -0.2) is 17.5 Å². The Morgan fingerprint density at radius 1 is 1.40 bits per heavy atom. The standard InChI is InChI=1S/C12H11FN2O4S/c1-7-12(20(17,18)15-8(2)16)11(14-19-7)9-4-3-5-10(13)6-9/h3-6H,1-2H3,(H,15,16). The first kappa shape index (κ1) is 14.2. The Bertz CT molecular complexity index is 768. The van der Waals surface area contributed by atoms with Crippen molar-refractivity contribution in [3.05, 3.63) is 35.8 Å². The molecule has 0 atom stereocenters. The zero-order valence-corrected chi connectivity index (χ0v) is 11.5. The first-order valence-electron chi connectivity index (χ1n) is 5.57. The normalized spacial score (nSPS) is 11.3. The molecule has 106 valence electrons. The van der Waals surface area contributed by atoms with E-state index in [1.165, 1.54) is 25.1 Å². The summed E-state index contributed by atoms with van der Waals surface area (Å²) in [5.41, 5.74) is 0.196. The second-order valence-electron chi connectivity index (χ2n) is 4.09. The monoisotopic (exact) mass is 298 g/mol. The number of rotatable bonds is 3. The number of hydrogen-bond donors (Lipinski definition) is 1. The maximum absolute atomic E-state index is 13.2. The molecule has 0 aliphatic heterocycles. The lowest BCUT2D eigenvalue weighted by Gasteiger charge is -2.05. The van der Waals surface area contributed by atoms with Crippen LogP contribution in [0.4, 0.5) is 4.39 Å². The van der Waals surface area contributed by atoms with Gasteiger partial charge in [-0.05, 0) is 19.1 Å². The fourth-order valence-corrected chi connectivity index (χ4v) is 3.05. The summed E-state index contributed by atoms with van der Waals surface area (Å²) >= 11 is 0. The van der Waals surface area contributed by atoms with E-state index >= 15 is 0 Å². The van der Waals surface area contributed by atoms with Crippen molar-refractivity contribution in [2.45, 2.75) is 18.7 Å². The molecule has 0 unspecified atom stereocenters. The smallest absolute Gasteiger partial charge is 0.269 e. The molecule has 0 spiro atoms. The van der Waals surface area contributed by atoms with Crippen molar-refractivity contribution in [2.75, 3.05) is 0 Å². The predicted octanol–water partition coefficient (Wildman–Crippen LogP) is 1.61. The molecule has 8 heteroatoms. The molecule has 0 bridgehead atoms. The quantitative estimate of drug-likeness (QED) is 0.930. The Balaban J connectivity index is 2.62. The number of nitrogens with one attached hydrogen (secondary N) is 1. The highest BCUT2D eigenvalue weighted by Crippen LogP contribution is 2.29. The van der Waals surface area contributed by atoms with Crippen LogP contribution in [-0.2, 0) is 14.8 Å². The predicted molar refractivity (Wildman–Crippen MR) is 67.6 cm³/mol. The van der Waals surface area contributed by atoms with Crippen molar-refractivity contribution < 1.29 is 22.1 Å². The minimum absolute atomic E-state index is 0.0120. The van der Waals surface area contributed by atoms with Gasteiger partial charge in [0.1, 0.15) is 11.5 Å². The average Bonchev–Trinajstić information content (AvgIpc) is 2.70. The van der Waals surface area contributed by atoms with Crippen molar-refractivity contribution in [1.82, 2.24) is 9.88 Å². The molecular formula is C12H11FN2O4S. The lowest BCUT2D eigenvalue weighted by Crippen LogP contribution is -2.28. The third-order valence-electron chi connectivity index (χ3n) is 2.45. The van der Waals surface area contributed by atoms with Crippen molar-refractivity contribution in [2.24, 2.45) is 0 Å². The van der Waals surface area contributed by atoms with E-state index in [-0.39, 0.29) is 21.9 Å². The fourth-order valence-electron chi connectivity index (χ4n) is 1.74. The molecular weight excluding hydrogens is 287 g/mol. The van der Waals surface area contributed by atoms with E-state index in [9.17, 15) is 17.6 Å². The minimum atomic E-state index is -4.12. The number of aryl methyl sites for hydroxylation is 1. The molecule has 0 aliphatic carbocycles. The van der Waals surface area contributed by atoms with Crippen LogP contribution in [0.2, 0.25) is 0 Å². The van der Waals surface area contributed by atoms with E-state index in [1.54, 1.807) is 0 Å². The number of halogens is 1. The van der Waals surface area contributed by atoms with Gasteiger partial charge in [-0.3, -0.25) is 4.79 Å². The lowest BCUT2D eigenvalue weighted by atomic mass is 10.1. The van der Waals surface area contributed by atoms with Crippen LogP contribution < -0.4 is 4.72 Å². The topological polar surface area (TPSA) is 89.3 Å². The van der Waals surface area contributed by atoms with E-state index in [2.05, 4.69) is 5.16 Å². The summed E-state index contributed by atoms with van der Waals surface area (Å²) in [6.45, 7) is 2.47. The van der Waals surface area contributed by atoms with E-state index in [4.69, 9.17) is 4.52 Å². The highest BCUT2D eigenvalue weighted by molar-refractivity contribution is 7.90. The van der Waals surface area contributed by atoms with Gasteiger partial charge in [0.2, 0.25) is 5.91 Å². The summed E-state index contributed by atoms with van der Waals surface area (Å²) in [4.78, 5) is 10.7. The summed E-state index contributed by atoms with van der Waals surface area (Å²) < 4.78 is 44.1. The van der Waals surface area contributed by atoms with Gasteiger partial charge in [0.25, 0.3) is 10.0 Å². The molecule has 1 amide bonds.